The Bertz CT molecular complexity index is 686. The van der Waals surface area contributed by atoms with Gasteiger partial charge in [-0.3, -0.25) is 9.78 Å². The van der Waals surface area contributed by atoms with Gasteiger partial charge in [0.1, 0.15) is 12.4 Å². The molecule has 0 unspecified atom stereocenters. The van der Waals surface area contributed by atoms with E-state index in [1.54, 1.807) is 24.3 Å². The first-order valence-electron chi connectivity index (χ1n) is 7.72. The van der Waals surface area contributed by atoms with Crippen molar-refractivity contribution in [3.05, 3.63) is 42.2 Å². The van der Waals surface area contributed by atoms with E-state index in [-0.39, 0.29) is 5.91 Å². The van der Waals surface area contributed by atoms with Gasteiger partial charge >= 0.3 is 0 Å². The van der Waals surface area contributed by atoms with Gasteiger partial charge in [0.2, 0.25) is 5.91 Å². The third-order valence-electron chi connectivity index (χ3n) is 3.67. The lowest BCUT2D eigenvalue weighted by molar-refractivity contribution is -0.118. The summed E-state index contributed by atoms with van der Waals surface area (Å²) in [5, 5.41) is 0. The second-order valence-electron chi connectivity index (χ2n) is 5.35. The zero-order chi connectivity index (χ0) is 16.8. The van der Waals surface area contributed by atoms with Gasteiger partial charge in [0.15, 0.2) is 0 Å². The number of carbonyl (C=O) groups is 1. The van der Waals surface area contributed by atoms with Gasteiger partial charge in [-0.25, -0.2) is 0 Å². The SMILES string of the molecule is CCC(=O)N(C)c1ccc(-c2cncc(OCCN)c2)cc1C. The van der Waals surface area contributed by atoms with Crippen LogP contribution in [0.1, 0.15) is 18.9 Å². The number of ether oxygens (including phenoxy) is 1. The summed E-state index contributed by atoms with van der Waals surface area (Å²) in [6, 6.07) is 7.95. The Morgan fingerprint density at radius 1 is 1.26 bits per heavy atom. The van der Waals surface area contributed by atoms with Crippen molar-refractivity contribution >= 4 is 11.6 Å². The van der Waals surface area contributed by atoms with Crippen LogP contribution in [-0.4, -0.2) is 31.1 Å². The number of amides is 1. The summed E-state index contributed by atoms with van der Waals surface area (Å²) in [6.07, 6.45) is 3.96. The maximum Gasteiger partial charge on any atom is 0.226 e. The first-order chi connectivity index (χ1) is 11.1. The van der Waals surface area contributed by atoms with Gasteiger partial charge in [0, 0.05) is 37.5 Å². The smallest absolute Gasteiger partial charge is 0.226 e. The van der Waals surface area contributed by atoms with Crippen LogP contribution in [0.2, 0.25) is 0 Å². The molecule has 1 aromatic heterocycles. The molecule has 0 aliphatic heterocycles. The zero-order valence-corrected chi connectivity index (χ0v) is 13.9. The Morgan fingerprint density at radius 3 is 2.70 bits per heavy atom. The summed E-state index contributed by atoms with van der Waals surface area (Å²) in [4.78, 5) is 17.8. The van der Waals surface area contributed by atoms with Crippen molar-refractivity contribution in [1.29, 1.82) is 0 Å². The first-order valence-corrected chi connectivity index (χ1v) is 7.72. The van der Waals surface area contributed by atoms with E-state index in [0.29, 0.717) is 25.3 Å². The second kappa shape index (κ2) is 7.74. The molecule has 23 heavy (non-hydrogen) atoms. The number of benzene rings is 1. The second-order valence-corrected chi connectivity index (χ2v) is 5.35. The van der Waals surface area contributed by atoms with E-state index in [1.807, 2.05) is 32.0 Å². The number of pyridine rings is 1. The van der Waals surface area contributed by atoms with Crippen LogP contribution in [0.15, 0.2) is 36.7 Å². The number of aromatic nitrogens is 1. The summed E-state index contributed by atoms with van der Waals surface area (Å²) in [5.74, 6) is 0.799. The molecule has 0 saturated carbocycles. The summed E-state index contributed by atoms with van der Waals surface area (Å²) < 4.78 is 5.52. The number of hydrogen-bond donors (Lipinski definition) is 1. The maximum absolute atomic E-state index is 11.9. The highest BCUT2D eigenvalue weighted by Crippen LogP contribution is 2.28. The van der Waals surface area contributed by atoms with Crippen molar-refractivity contribution in [2.45, 2.75) is 20.3 Å². The van der Waals surface area contributed by atoms with E-state index in [2.05, 4.69) is 11.1 Å². The highest BCUT2D eigenvalue weighted by Gasteiger charge is 2.12. The number of nitrogens with zero attached hydrogens (tertiary/aromatic N) is 2. The monoisotopic (exact) mass is 313 g/mol. The fourth-order valence-corrected chi connectivity index (χ4v) is 2.42. The van der Waals surface area contributed by atoms with Crippen LogP contribution in [0.3, 0.4) is 0 Å². The van der Waals surface area contributed by atoms with Crippen LogP contribution in [0.4, 0.5) is 5.69 Å². The van der Waals surface area contributed by atoms with Crippen molar-refractivity contribution in [2.24, 2.45) is 5.73 Å². The molecule has 1 heterocycles. The molecule has 5 nitrogen and oxygen atoms in total. The minimum Gasteiger partial charge on any atom is -0.491 e. The molecule has 0 atom stereocenters. The lowest BCUT2D eigenvalue weighted by Gasteiger charge is -2.19. The van der Waals surface area contributed by atoms with Crippen LogP contribution in [0.25, 0.3) is 11.1 Å². The number of nitrogens with two attached hydrogens (primary N) is 1. The number of anilines is 1. The largest absolute Gasteiger partial charge is 0.491 e. The molecule has 2 aromatic rings. The van der Waals surface area contributed by atoms with E-state index in [0.717, 1.165) is 22.4 Å². The lowest BCUT2D eigenvalue weighted by atomic mass is 10.0. The summed E-state index contributed by atoms with van der Waals surface area (Å²) in [6.45, 7) is 4.80. The Morgan fingerprint density at radius 2 is 2.04 bits per heavy atom. The number of rotatable bonds is 6. The van der Waals surface area contributed by atoms with E-state index < -0.39 is 0 Å². The Balaban J connectivity index is 2.28. The summed E-state index contributed by atoms with van der Waals surface area (Å²) >= 11 is 0. The third kappa shape index (κ3) is 4.07. The number of carbonyl (C=O) groups excluding carboxylic acids is 1. The molecule has 0 radical (unpaired) electrons. The van der Waals surface area contributed by atoms with E-state index >= 15 is 0 Å². The lowest BCUT2D eigenvalue weighted by Crippen LogP contribution is -2.25. The van der Waals surface area contributed by atoms with Crippen molar-refractivity contribution in [3.63, 3.8) is 0 Å². The zero-order valence-electron chi connectivity index (χ0n) is 13.9. The fourth-order valence-electron chi connectivity index (χ4n) is 2.42. The molecule has 0 bridgehead atoms. The molecule has 0 spiro atoms. The van der Waals surface area contributed by atoms with Crippen LogP contribution in [0.5, 0.6) is 5.75 Å². The normalized spacial score (nSPS) is 10.4. The molecule has 122 valence electrons. The minimum absolute atomic E-state index is 0.0969. The van der Waals surface area contributed by atoms with E-state index in [4.69, 9.17) is 10.5 Å². The van der Waals surface area contributed by atoms with Crippen LogP contribution in [-0.2, 0) is 4.79 Å². The molecule has 0 aliphatic carbocycles. The maximum atomic E-state index is 11.9. The predicted molar refractivity (Wildman–Crippen MR) is 92.7 cm³/mol. The van der Waals surface area contributed by atoms with E-state index in [9.17, 15) is 4.79 Å². The quantitative estimate of drug-likeness (QED) is 0.890. The average molecular weight is 313 g/mol. The Labute approximate surface area is 137 Å². The van der Waals surface area contributed by atoms with Crippen molar-refractivity contribution in [2.75, 3.05) is 25.1 Å². The molecule has 0 aliphatic rings. The molecule has 0 saturated heterocycles. The first kappa shape index (κ1) is 17.0. The Kier molecular flexibility index (Phi) is 5.71. The molecule has 5 heteroatoms. The van der Waals surface area contributed by atoms with Gasteiger partial charge in [0.05, 0.1) is 6.20 Å². The summed E-state index contributed by atoms with van der Waals surface area (Å²) in [7, 11) is 1.80. The Hall–Kier alpha value is -2.40. The highest BCUT2D eigenvalue weighted by atomic mass is 16.5. The predicted octanol–water partition coefficient (Wildman–Crippen LogP) is 2.77. The molecule has 2 rings (SSSR count). The van der Waals surface area contributed by atoms with Crippen molar-refractivity contribution in [1.82, 2.24) is 4.98 Å². The molecular weight excluding hydrogens is 290 g/mol. The fraction of sp³-hybridized carbons (Fsp3) is 0.333. The van der Waals surface area contributed by atoms with E-state index in [1.165, 1.54) is 0 Å². The molecule has 1 amide bonds. The molecule has 0 fully saturated rings. The standard InChI is InChI=1S/C18H23N3O2/c1-4-18(22)21(3)17-6-5-14(9-13(17)2)15-10-16(12-20-11-15)23-8-7-19/h5-6,9-12H,4,7-8,19H2,1-3H3. The van der Waals surface area contributed by atoms with Gasteiger partial charge in [-0.15, -0.1) is 0 Å². The van der Waals surface area contributed by atoms with Crippen molar-refractivity contribution < 1.29 is 9.53 Å². The van der Waals surface area contributed by atoms with Gasteiger partial charge in [-0.05, 0) is 36.2 Å². The highest BCUT2D eigenvalue weighted by molar-refractivity contribution is 5.93. The average Bonchev–Trinajstić information content (AvgIpc) is 2.58. The van der Waals surface area contributed by atoms with Gasteiger partial charge < -0.3 is 15.4 Å². The van der Waals surface area contributed by atoms with Gasteiger partial charge in [-0.1, -0.05) is 13.0 Å². The molecule has 1 aromatic carbocycles. The topological polar surface area (TPSA) is 68.5 Å². The third-order valence-corrected chi connectivity index (χ3v) is 3.67. The van der Waals surface area contributed by atoms with Gasteiger partial charge in [-0.2, -0.15) is 0 Å². The van der Waals surface area contributed by atoms with Crippen LogP contribution >= 0.6 is 0 Å². The van der Waals surface area contributed by atoms with Gasteiger partial charge in [0.25, 0.3) is 0 Å². The molecule has 2 N–H and O–H groups in total. The van der Waals surface area contributed by atoms with Crippen LogP contribution < -0.4 is 15.4 Å². The number of hydrogen-bond acceptors (Lipinski definition) is 4. The number of aryl methyl sites for hydroxylation is 1. The van der Waals surface area contributed by atoms with Crippen LogP contribution in [0, 0.1) is 6.92 Å². The summed E-state index contributed by atoms with van der Waals surface area (Å²) in [5.41, 5.74) is 9.42. The molecular formula is C18H23N3O2. The van der Waals surface area contributed by atoms with Crippen molar-refractivity contribution in [3.8, 4) is 16.9 Å². The minimum atomic E-state index is 0.0969.